The number of aryl methyl sites for hydroxylation is 1. The third-order valence-electron chi connectivity index (χ3n) is 3.43. The van der Waals surface area contributed by atoms with Crippen LogP contribution in [0.25, 0.3) is 0 Å². The van der Waals surface area contributed by atoms with Crippen LogP contribution in [0.4, 0.5) is 5.13 Å². The van der Waals surface area contributed by atoms with Crippen molar-refractivity contribution in [1.82, 2.24) is 4.98 Å². The molecule has 0 N–H and O–H groups in total. The number of hydrogen-bond acceptors (Lipinski definition) is 6. The zero-order chi connectivity index (χ0) is 13.9. The summed E-state index contributed by atoms with van der Waals surface area (Å²) in [4.78, 5) is 19.6. The molecular formula is C14H16N2O2S2. The minimum atomic E-state index is -0.180. The van der Waals surface area contributed by atoms with Gasteiger partial charge in [0, 0.05) is 29.8 Å². The minimum absolute atomic E-state index is 0.180. The number of methoxy groups -OCH3 is 1. The number of thiophene rings is 1. The summed E-state index contributed by atoms with van der Waals surface area (Å²) in [5.74, 6) is -0.180. The molecule has 3 rings (SSSR count). The number of esters is 1. The molecule has 1 aliphatic heterocycles. The van der Waals surface area contributed by atoms with Crippen molar-refractivity contribution in [2.75, 3.05) is 18.6 Å². The van der Waals surface area contributed by atoms with Crippen molar-refractivity contribution in [1.29, 1.82) is 0 Å². The number of ether oxygens (including phenoxy) is 1. The van der Waals surface area contributed by atoms with Gasteiger partial charge in [-0.25, -0.2) is 4.98 Å². The van der Waals surface area contributed by atoms with E-state index in [-0.39, 0.29) is 5.97 Å². The van der Waals surface area contributed by atoms with Crippen molar-refractivity contribution in [3.63, 3.8) is 0 Å². The van der Waals surface area contributed by atoms with Gasteiger partial charge in [-0.2, -0.15) is 0 Å². The Bertz CT molecular complexity index is 606. The largest absolute Gasteiger partial charge is 0.469 e. The van der Waals surface area contributed by atoms with Crippen LogP contribution in [0.1, 0.15) is 22.6 Å². The Morgan fingerprint density at radius 3 is 3.25 bits per heavy atom. The summed E-state index contributed by atoms with van der Waals surface area (Å²) in [7, 11) is 1.42. The maximum Gasteiger partial charge on any atom is 0.305 e. The van der Waals surface area contributed by atoms with Crippen molar-refractivity contribution in [3.05, 3.63) is 33.0 Å². The van der Waals surface area contributed by atoms with Crippen LogP contribution in [0.3, 0.4) is 0 Å². The monoisotopic (exact) mass is 308 g/mol. The van der Waals surface area contributed by atoms with Gasteiger partial charge >= 0.3 is 5.97 Å². The third-order valence-corrected chi connectivity index (χ3v) is 5.40. The Kier molecular flexibility index (Phi) is 4.03. The number of nitrogens with zero attached hydrogens (tertiary/aromatic N) is 2. The molecule has 0 fully saturated rings. The Morgan fingerprint density at radius 2 is 2.40 bits per heavy atom. The molecule has 2 aromatic heterocycles. The predicted octanol–water partition coefficient (Wildman–Crippen LogP) is 2.87. The summed E-state index contributed by atoms with van der Waals surface area (Å²) in [5.41, 5.74) is 2.40. The molecule has 6 heteroatoms. The fourth-order valence-electron chi connectivity index (χ4n) is 2.30. The van der Waals surface area contributed by atoms with Gasteiger partial charge in [-0.05, 0) is 23.4 Å². The average Bonchev–Trinajstić information content (AvgIpc) is 3.12. The fourth-order valence-corrected chi connectivity index (χ4v) is 4.08. The molecule has 106 valence electrons. The first-order chi connectivity index (χ1) is 9.76. The van der Waals surface area contributed by atoms with E-state index >= 15 is 0 Å². The van der Waals surface area contributed by atoms with Crippen LogP contribution in [-0.2, 0) is 28.9 Å². The summed E-state index contributed by atoms with van der Waals surface area (Å²) in [5, 5.41) is 5.26. The molecule has 0 atom stereocenters. The van der Waals surface area contributed by atoms with Crippen LogP contribution >= 0.6 is 22.7 Å². The SMILES string of the molecule is COC(=O)CCc1csc(N2CCc3sccc3C2)n1. The number of rotatable bonds is 4. The van der Waals surface area contributed by atoms with Crippen molar-refractivity contribution < 1.29 is 9.53 Å². The van der Waals surface area contributed by atoms with Gasteiger partial charge in [-0.1, -0.05) is 0 Å². The minimum Gasteiger partial charge on any atom is -0.469 e. The first-order valence-corrected chi connectivity index (χ1v) is 8.33. The molecule has 0 bridgehead atoms. The molecule has 0 saturated heterocycles. The zero-order valence-corrected chi connectivity index (χ0v) is 12.9. The van der Waals surface area contributed by atoms with Gasteiger partial charge in [0.1, 0.15) is 0 Å². The fraction of sp³-hybridized carbons (Fsp3) is 0.429. The lowest BCUT2D eigenvalue weighted by atomic mass is 10.1. The topological polar surface area (TPSA) is 42.4 Å². The van der Waals surface area contributed by atoms with E-state index in [1.807, 2.05) is 16.7 Å². The third kappa shape index (κ3) is 2.86. The molecule has 0 aromatic carbocycles. The number of anilines is 1. The highest BCUT2D eigenvalue weighted by molar-refractivity contribution is 7.13. The Labute approximate surface area is 126 Å². The highest BCUT2D eigenvalue weighted by Gasteiger charge is 2.19. The van der Waals surface area contributed by atoms with E-state index in [4.69, 9.17) is 0 Å². The maximum absolute atomic E-state index is 11.1. The van der Waals surface area contributed by atoms with Gasteiger partial charge in [0.25, 0.3) is 0 Å². The zero-order valence-electron chi connectivity index (χ0n) is 11.3. The van der Waals surface area contributed by atoms with Gasteiger partial charge in [0.15, 0.2) is 5.13 Å². The number of carbonyl (C=O) groups excluding carboxylic acids is 1. The van der Waals surface area contributed by atoms with E-state index in [9.17, 15) is 4.79 Å². The summed E-state index contributed by atoms with van der Waals surface area (Å²) >= 11 is 3.51. The second kappa shape index (κ2) is 5.93. The molecular weight excluding hydrogens is 292 g/mol. The first kappa shape index (κ1) is 13.6. The number of carbonyl (C=O) groups is 1. The highest BCUT2D eigenvalue weighted by atomic mass is 32.1. The number of aromatic nitrogens is 1. The molecule has 1 aliphatic rings. The second-order valence-corrected chi connectivity index (χ2v) is 6.58. The molecule has 0 amide bonds. The Balaban J connectivity index is 1.64. The highest BCUT2D eigenvalue weighted by Crippen LogP contribution is 2.29. The van der Waals surface area contributed by atoms with Crippen molar-refractivity contribution >= 4 is 33.8 Å². The second-order valence-electron chi connectivity index (χ2n) is 4.74. The predicted molar refractivity (Wildman–Crippen MR) is 81.5 cm³/mol. The summed E-state index contributed by atoms with van der Waals surface area (Å²) in [6.45, 7) is 1.97. The molecule has 0 saturated carbocycles. The van der Waals surface area contributed by atoms with Crippen LogP contribution in [0.2, 0.25) is 0 Å². The van der Waals surface area contributed by atoms with Gasteiger partial charge in [0.05, 0.1) is 19.2 Å². The molecule has 4 nitrogen and oxygen atoms in total. The van der Waals surface area contributed by atoms with Crippen LogP contribution < -0.4 is 4.90 Å². The van der Waals surface area contributed by atoms with Gasteiger partial charge in [-0.15, -0.1) is 22.7 Å². The standard InChI is InChI=1S/C14H16N2O2S2/c1-18-13(17)3-2-11-9-20-14(15-11)16-6-4-12-10(8-16)5-7-19-12/h5,7,9H,2-4,6,8H2,1H3. The lowest BCUT2D eigenvalue weighted by Gasteiger charge is -2.26. The molecule has 0 aliphatic carbocycles. The van der Waals surface area contributed by atoms with E-state index in [2.05, 4.69) is 26.1 Å². The summed E-state index contributed by atoms with van der Waals surface area (Å²) < 4.78 is 4.65. The van der Waals surface area contributed by atoms with Gasteiger partial charge in [-0.3, -0.25) is 4.79 Å². The van der Waals surface area contributed by atoms with Crippen molar-refractivity contribution in [2.24, 2.45) is 0 Å². The van der Waals surface area contributed by atoms with Crippen molar-refractivity contribution in [2.45, 2.75) is 25.8 Å². The van der Waals surface area contributed by atoms with E-state index < -0.39 is 0 Å². The van der Waals surface area contributed by atoms with Crippen LogP contribution in [0, 0.1) is 0 Å². The molecule has 3 heterocycles. The van der Waals surface area contributed by atoms with Crippen LogP contribution in [-0.4, -0.2) is 24.6 Å². The normalized spacial score (nSPS) is 14.2. The number of fused-ring (bicyclic) bond motifs is 1. The van der Waals surface area contributed by atoms with Crippen molar-refractivity contribution in [3.8, 4) is 0 Å². The van der Waals surface area contributed by atoms with Crippen LogP contribution in [0.5, 0.6) is 0 Å². The van der Waals surface area contributed by atoms with E-state index in [0.717, 1.165) is 30.3 Å². The molecule has 2 aromatic rings. The summed E-state index contributed by atoms with van der Waals surface area (Å²) in [6, 6.07) is 2.21. The number of thiazole rings is 1. The smallest absolute Gasteiger partial charge is 0.305 e. The van der Waals surface area contributed by atoms with Crippen LogP contribution in [0.15, 0.2) is 16.8 Å². The lowest BCUT2D eigenvalue weighted by Crippen LogP contribution is -2.29. The maximum atomic E-state index is 11.1. The number of hydrogen-bond donors (Lipinski definition) is 0. The quantitative estimate of drug-likeness (QED) is 0.815. The molecule has 20 heavy (non-hydrogen) atoms. The Morgan fingerprint density at radius 1 is 1.50 bits per heavy atom. The molecule has 0 radical (unpaired) electrons. The van der Waals surface area contributed by atoms with E-state index in [0.29, 0.717) is 12.8 Å². The average molecular weight is 308 g/mol. The first-order valence-electron chi connectivity index (χ1n) is 6.57. The van der Waals surface area contributed by atoms with E-state index in [1.165, 1.54) is 17.6 Å². The molecule has 0 unspecified atom stereocenters. The van der Waals surface area contributed by atoms with E-state index in [1.54, 1.807) is 11.3 Å². The molecule has 0 spiro atoms. The van der Waals surface area contributed by atoms with Gasteiger partial charge in [0.2, 0.25) is 0 Å². The lowest BCUT2D eigenvalue weighted by molar-refractivity contribution is -0.140. The summed E-state index contributed by atoms with van der Waals surface area (Å²) in [6.07, 6.45) is 2.15. The Hall–Kier alpha value is -1.40. The van der Waals surface area contributed by atoms with Gasteiger partial charge < -0.3 is 9.64 Å².